The van der Waals surface area contributed by atoms with Crippen LogP contribution in [0, 0.1) is 0 Å². The van der Waals surface area contributed by atoms with E-state index in [1.54, 1.807) is 0 Å². The smallest absolute Gasteiger partial charge is 0.130 e. The average Bonchev–Trinajstić information content (AvgIpc) is 2.44. The summed E-state index contributed by atoms with van der Waals surface area (Å²) in [5, 5.41) is 0. The summed E-state index contributed by atoms with van der Waals surface area (Å²) in [6, 6.07) is 10.4. The topological polar surface area (TPSA) is 12.5 Å². The highest BCUT2D eigenvalue weighted by atomic mass is 16.5. The lowest BCUT2D eigenvalue weighted by Crippen LogP contribution is -2.37. The van der Waals surface area contributed by atoms with E-state index in [1.165, 1.54) is 5.56 Å². The molecule has 0 amide bonds. The maximum atomic E-state index is 5.87. The SMILES string of the molecule is CCCN(CCC)C(C=Cc1ccccc1)OCC. The number of hydrogen-bond donors (Lipinski definition) is 0. The Balaban J connectivity index is 2.71. The van der Waals surface area contributed by atoms with Gasteiger partial charge < -0.3 is 4.74 Å². The molecular weight excluding hydrogens is 234 g/mol. The first-order chi connectivity index (χ1) is 9.31. The van der Waals surface area contributed by atoms with Crippen molar-refractivity contribution in [3.63, 3.8) is 0 Å². The monoisotopic (exact) mass is 261 g/mol. The van der Waals surface area contributed by atoms with Gasteiger partial charge in [0.15, 0.2) is 0 Å². The molecule has 1 atom stereocenters. The molecule has 0 bridgehead atoms. The third-order valence-electron chi connectivity index (χ3n) is 2.97. The summed E-state index contributed by atoms with van der Waals surface area (Å²) in [5.74, 6) is 0. The lowest BCUT2D eigenvalue weighted by atomic mass is 10.2. The Morgan fingerprint density at radius 3 is 2.21 bits per heavy atom. The lowest BCUT2D eigenvalue weighted by molar-refractivity contribution is -0.0216. The fraction of sp³-hybridized carbons (Fsp3) is 0.529. The van der Waals surface area contributed by atoms with Crippen LogP contribution in [0.1, 0.15) is 39.2 Å². The molecule has 0 saturated heterocycles. The molecule has 0 radical (unpaired) electrons. The number of ether oxygens (including phenoxy) is 1. The highest BCUT2D eigenvalue weighted by molar-refractivity contribution is 5.49. The Hall–Kier alpha value is -1.12. The van der Waals surface area contributed by atoms with Crippen molar-refractivity contribution >= 4 is 6.08 Å². The van der Waals surface area contributed by atoms with Gasteiger partial charge in [-0.05, 0) is 31.4 Å². The molecule has 0 aromatic heterocycles. The predicted octanol–water partition coefficient (Wildman–Crippen LogP) is 4.18. The van der Waals surface area contributed by atoms with Crippen molar-refractivity contribution in [1.82, 2.24) is 4.90 Å². The van der Waals surface area contributed by atoms with Crippen LogP contribution in [-0.4, -0.2) is 30.8 Å². The van der Waals surface area contributed by atoms with Crippen LogP contribution in [0.25, 0.3) is 6.08 Å². The van der Waals surface area contributed by atoms with E-state index in [2.05, 4.69) is 62.1 Å². The minimum absolute atomic E-state index is 0.0881. The number of nitrogens with zero attached hydrogens (tertiary/aromatic N) is 1. The first-order valence-corrected chi connectivity index (χ1v) is 7.40. The molecule has 1 unspecified atom stereocenters. The van der Waals surface area contributed by atoms with Gasteiger partial charge in [0.05, 0.1) is 0 Å². The zero-order valence-corrected chi connectivity index (χ0v) is 12.5. The second-order valence-electron chi connectivity index (χ2n) is 4.65. The molecule has 0 aliphatic carbocycles. The Labute approximate surface area is 118 Å². The van der Waals surface area contributed by atoms with Crippen molar-refractivity contribution in [2.24, 2.45) is 0 Å². The van der Waals surface area contributed by atoms with Crippen LogP contribution in [0.3, 0.4) is 0 Å². The molecule has 2 heteroatoms. The van der Waals surface area contributed by atoms with Gasteiger partial charge in [0.2, 0.25) is 0 Å². The van der Waals surface area contributed by atoms with Gasteiger partial charge in [-0.2, -0.15) is 0 Å². The zero-order valence-electron chi connectivity index (χ0n) is 12.5. The molecule has 1 rings (SSSR count). The van der Waals surface area contributed by atoms with Crippen LogP contribution >= 0.6 is 0 Å². The van der Waals surface area contributed by atoms with Gasteiger partial charge >= 0.3 is 0 Å². The summed E-state index contributed by atoms with van der Waals surface area (Å²) in [6.45, 7) is 9.39. The third kappa shape index (κ3) is 6.04. The standard InChI is InChI=1S/C17H27NO/c1-4-14-18(15-5-2)17(19-6-3)13-12-16-10-8-7-9-11-16/h7-13,17H,4-6,14-15H2,1-3H3. The number of rotatable bonds is 9. The van der Waals surface area contributed by atoms with Crippen LogP contribution in [0.2, 0.25) is 0 Å². The summed E-state index contributed by atoms with van der Waals surface area (Å²) in [6.07, 6.45) is 6.72. The minimum atomic E-state index is 0.0881. The fourth-order valence-corrected chi connectivity index (χ4v) is 2.15. The molecule has 0 saturated carbocycles. The summed E-state index contributed by atoms with van der Waals surface area (Å²) in [4.78, 5) is 2.41. The normalized spacial score (nSPS) is 13.3. The molecule has 1 aromatic rings. The van der Waals surface area contributed by atoms with Crippen molar-refractivity contribution in [1.29, 1.82) is 0 Å². The molecule has 2 nitrogen and oxygen atoms in total. The Morgan fingerprint density at radius 2 is 1.68 bits per heavy atom. The lowest BCUT2D eigenvalue weighted by Gasteiger charge is -2.28. The molecule has 0 fully saturated rings. The zero-order chi connectivity index (χ0) is 13.9. The van der Waals surface area contributed by atoms with Crippen LogP contribution < -0.4 is 0 Å². The highest BCUT2D eigenvalue weighted by Gasteiger charge is 2.13. The largest absolute Gasteiger partial charge is 0.360 e. The maximum absolute atomic E-state index is 5.87. The minimum Gasteiger partial charge on any atom is -0.360 e. The Morgan fingerprint density at radius 1 is 1.05 bits per heavy atom. The van der Waals surface area contributed by atoms with E-state index in [0.717, 1.165) is 32.5 Å². The molecular formula is C17H27NO. The van der Waals surface area contributed by atoms with Gasteiger partial charge in [0.1, 0.15) is 6.23 Å². The van der Waals surface area contributed by atoms with E-state index in [1.807, 2.05) is 6.07 Å². The molecule has 0 aliphatic heterocycles. The van der Waals surface area contributed by atoms with Gasteiger partial charge in [-0.25, -0.2) is 0 Å². The van der Waals surface area contributed by atoms with Gasteiger partial charge in [-0.3, -0.25) is 4.90 Å². The van der Waals surface area contributed by atoms with Crippen LogP contribution in [0.4, 0.5) is 0 Å². The first kappa shape index (κ1) is 15.9. The Kier molecular flexibility index (Phi) is 8.19. The highest BCUT2D eigenvalue weighted by Crippen LogP contribution is 2.09. The van der Waals surface area contributed by atoms with Crippen molar-refractivity contribution in [2.45, 2.75) is 39.8 Å². The summed E-state index contributed by atoms with van der Waals surface area (Å²) in [5.41, 5.74) is 1.22. The van der Waals surface area contributed by atoms with Gasteiger partial charge in [0.25, 0.3) is 0 Å². The predicted molar refractivity (Wildman–Crippen MR) is 83.0 cm³/mol. The van der Waals surface area contributed by atoms with Crippen LogP contribution in [0.15, 0.2) is 36.4 Å². The van der Waals surface area contributed by atoms with Crippen molar-refractivity contribution in [3.8, 4) is 0 Å². The molecule has 1 aromatic carbocycles. The van der Waals surface area contributed by atoms with Crippen LogP contribution in [0.5, 0.6) is 0 Å². The summed E-state index contributed by atoms with van der Waals surface area (Å²) in [7, 11) is 0. The Bertz CT molecular complexity index is 342. The average molecular weight is 261 g/mol. The molecule has 0 aliphatic rings. The molecule has 0 N–H and O–H groups in total. The van der Waals surface area contributed by atoms with E-state index in [-0.39, 0.29) is 6.23 Å². The fourth-order valence-electron chi connectivity index (χ4n) is 2.15. The van der Waals surface area contributed by atoms with Crippen LogP contribution in [-0.2, 0) is 4.74 Å². The molecule has 106 valence electrons. The van der Waals surface area contributed by atoms with Gasteiger partial charge in [0, 0.05) is 19.7 Å². The van der Waals surface area contributed by atoms with Gasteiger partial charge in [-0.15, -0.1) is 0 Å². The number of benzene rings is 1. The van der Waals surface area contributed by atoms with Crippen molar-refractivity contribution < 1.29 is 4.74 Å². The van der Waals surface area contributed by atoms with Crippen molar-refractivity contribution in [2.75, 3.05) is 19.7 Å². The molecule has 0 heterocycles. The van der Waals surface area contributed by atoms with E-state index >= 15 is 0 Å². The van der Waals surface area contributed by atoms with E-state index in [0.29, 0.717) is 0 Å². The summed E-state index contributed by atoms with van der Waals surface area (Å²) >= 11 is 0. The second-order valence-corrected chi connectivity index (χ2v) is 4.65. The molecule has 19 heavy (non-hydrogen) atoms. The number of hydrogen-bond acceptors (Lipinski definition) is 2. The van der Waals surface area contributed by atoms with Crippen molar-refractivity contribution in [3.05, 3.63) is 42.0 Å². The van der Waals surface area contributed by atoms with E-state index in [9.17, 15) is 0 Å². The molecule has 0 spiro atoms. The summed E-state index contributed by atoms with van der Waals surface area (Å²) < 4.78 is 5.87. The van der Waals surface area contributed by atoms with E-state index in [4.69, 9.17) is 4.74 Å². The maximum Gasteiger partial charge on any atom is 0.130 e. The first-order valence-electron chi connectivity index (χ1n) is 7.40. The second kappa shape index (κ2) is 9.76. The van der Waals surface area contributed by atoms with Gasteiger partial charge in [-0.1, -0.05) is 50.3 Å². The third-order valence-corrected chi connectivity index (χ3v) is 2.97. The quantitative estimate of drug-likeness (QED) is 0.618. The van der Waals surface area contributed by atoms with E-state index < -0.39 is 0 Å².